The Bertz CT molecular complexity index is 329. The molecule has 0 heterocycles. The van der Waals surface area contributed by atoms with Gasteiger partial charge >= 0.3 is 0 Å². The molecule has 0 saturated carbocycles. The van der Waals surface area contributed by atoms with Crippen molar-refractivity contribution in [3.63, 3.8) is 0 Å². The van der Waals surface area contributed by atoms with Crippen LogP contribution in [-0.2, 0) is 11.3 Å². The van der Waals surface area contributed by atoms with Crippen molar-refractivity contribution < 1.29 is 9.47 Å². The second kappa shape index (κ2) is 7.13. The normalized spacial score (nSPS) is 14.1. The van der Waals surface area contributed by atoms with Crippen LogP contribution in [0, 0.1) is 5.92 Å². The van der Waals surface area contributed by atoms with E-state index in [0.717, 1.165) is 17.7 Å². The molecule has 94 valence electrons. The molecule has 1 aromatic carbocycles. The van der Waals surface area contributed by atoms with Crippen LogP contribution in [0.2, 0.25) is 0 Å². The van der Waals surface area contributed by atoms with Gasteiger partial charge in [-0.25, -0.2) is 0 Å². The van der Waals surface area contributed by atoms with Gasteiger partial charge in [0.1, 0.15) is 5.75 Å². The van der Waals surface area contributed by atoms with Crippen LogP contribution in [0.15, 0.2) is 36.9 Å². The summed E-state index contributed by atoms with van der Waals surface area (Å²) in [7, 11) is 1.67. The first-order valence-corrected chi connectivity index (χ1v) is 6.08. The fourth-order valence-corrected chi connectivity index (χ4v) is 1.61. The Morgan fingerprint density at radius 2 is 1.94 bits per heavy atom. The number of methoxy groups -OCH3 is 1. The van der Waals surface area contributed by atoms with E-state index in [0.29, 0.717) is 12.5 Å². The maximum atomic E-state index is 5.84. The molecular formula is C15H22O2. The molecule has 0 unspecified atom stereocenters. The van der Waals surface area contributed by atoms with E-state index in [1.54, 1.807) is 7.11 Å². The Balaban J connectivity index is 2.50. The maximum absolute atomic E-state index is 5.84. The molecule has 0 aliphatic carbocycles. The molecule has 2 heteroatoms. The van der Waals surface area contributed by atoms with E-state index >= 15 is 0 Å². The fourth-order valence-electron chi connectivity index (χ4n) is 1.61. The van der Waals surface area contributed by atoms with E-state index in [4.69, 9.17) is 9.47 Å². The Labute approximate surface area is 104 Å². The summed E-state index contributed by atoms with van der Waals surface area (Å²) in [5, 5.41) is 0. The third-order valence-corrected chi connectivity index (χ3v) is 3.04. The molecule has 0 amide bonds. The number of benzene rings is 1. The molecule has 1 rings (SSSR count). The topological polar surface area (TPSA) is 18.5 Å². The summed E-state index contributed by atoms with van der Waals surface area (Å²) in [4.78, 5) is 0. The van der Waals surface area contributed by atoms with Gasteiger partial charge in [-0.15, -0.1) is 6.58 Å². The molecule has 0 saturated heterocycles. The van der Waals surface area contributed by atoms with Gasteiger partial charge in [0.2, 0.25) is 0 Å². The minimum atomic E-state index is 0.127. The van der Waals surface area contributed by atoms with Crippen molar-refractivity contribution in [3.8, 4) is 5.75 Å². The molecular weight excluding hydrogens is 212 g/mol. The number of ether oxygens (including phenoxy) is 2. The summed E-state index contributed by atoms with van der Waals surface area (Å²) in [6.45, 7) is 8.79. The van der Waals surface area contributed by atoms with Gasteiger partial charge < -0.3 is 9.47 Å². The number of hydrogen-bond acceptors (Lipinski definition) is 2. The second-order valence-corrected chi connectivity index (χ2v) is 4.24. The lowest BCUT2D eigenvalue weighted by Gasteiger charge is -2.20. The minimum absolute atomic E-state index is 0.127. The summed E-state index contributed by atoms with van der Waals surface area (Å²) in [5.41, 5.74) is 1.15. The van der Waals surface area contributed by atoms with E-state index in [1.807, 2.05) is 30.3 Å². The Hall–Kier alpha value is -1.28. The minimum Gasteiger partial charge on any atom is -0.497 e. The predicted molar refractivity (Wildman–Crippen MR) is 71.2 cm³/mol. The zero-order chi connectivity index (χ0) is 12.7. The highest BCUT2D eigenvalue weighted by atomic mass is 16.5. The molecule has 0 N–H and O–H groups in total. The van der Waals surface area contributed by atoms with Crippen LogP contribution in [-0.4, -0.2) is 13.2 Å². The van der Waals surface area contributed by atoms with Crippen molar-refractivity contribution in [1.29, 1.82) is 0 Å². The summed E-state index contributed by atoms with van der Waals surface area (Å²) < 4.78 is 11.0. The third kappa shape index (κ3) is 4.23. The molecule has 0 aromatic heterocycles. The number of rotatable bonds is 7. The van der Waals surface area contributed by atoms with Crippen LogP contribution in [0.4, 0.5) is 0 Å². The molecule has 2 nitrogen and oxygen atoms in total. The first kappa shape index (κ1) is 13.8. The van der Waals surface area contributed by atoms with Gasteiger partial charge in [0.25, 0.3) is 0 Å². The first-order valence-electron chi connectivity index (χ1n) is 6.08. The highest BCUT2D eigenvalue weighted by molar-refractivity contribution is 5.26. The van der Waals surface area contributed by atoms with E-state index in [9.17, 15) is 0 Å². The van der Waals surface area contributed by atoms with Crippen molar-refractivity contribution in [2.45, 2.75) is 33.0 Å². The predicted octanol–water partition coefficient (Wildman–Crippen LogP) is 3.81. The molecule has 0 aliphatic rings. The van der Waals surface area contributed by atoms with Gasteiger partial charge in [0, 0.05) is 0 Å². The quantitative estimate of drug-likeness (QED) is 0.668. The smallest absolute Gasteiger partial charge is 0.118 e. The largest absolute Gasteiger partial charge is 0.497 e. The molecule has 0 fully saturated rings. The van der Waals surface area contributed by atoms with E-state index in [1.165, 1.54) is 0 Å². The average molecular weight is 234 g/mol. The summed E-state index contributed by atoms with van der Waals surface area (Å²) in [6.07, 6.45) is 3.11. The maximum Gasteiger partial charge on any atom is 0.118 e. The van der Waals surface area contributed by atoms with Crippen molar-refractivity contribution in [1.82, 2.24) is 0 Å². The third-order valence-electron chi connectivity index (χ3n) is 3.04. The van der Waals surface area contributed by atoms with Crippen molar-refractivity contribution in [3.05, 3.63) is 42.5 Å². The van der Waals surface area contributed by atoms with E-state index in [-0.39, 0.29) is 6.10 Å². The fraction of sp³-hybridized carbons (Fsp3) is 0.467. The second-order valence-electron chi connectivity index (χ2n) is 4.24. The molecule has 0 bridgehead atoms. The van der Waals surface area contributed by atoms with Gasteiger partial charge in [-0.3, -0.25) is 0 Å². The molecule has 0 spiro atoms. The Morgan fingerprint density at radius 3 is 2.41 bits per heavy atom. The highest BCUT2D eigenvalue weighted by Gasteiger charge is 2.12. The van der Waals surface area contributed by atoms with E-state index in [2.05, 4.69) is 20.4 Å². The molecule has 1 aromatic rings. The van der Waals surface area contributed by atoms with Crippen molar-refractivity contribution >= 4 is 0 Å². The van der Waals surface area contributed by atoms with Gasteiger partial charge in [-0.05, 0) is 23.6 Å². The Kier molecular flexibility index (Phi) is 5.78. The van der Waals surface area contributed by atoms with Gasteiger partial charge in [0.05, 0.1) is 19.8 Å². The zero-order valence-electron chi connectivity index (χ0n) is 11.0. The van der Waals surface area contributed by atoms with E-state index < -0.39 is 0 Å². The Morgan fingerprint density at radius 1 is 1.29 bits per heavy atom. The highest BCUT2D eigenvalue weighted by Crippen LogP contribution is 2.16. The molecule has 17 heavy (non-hydrogen) atoms. The van der Waals surface area contributed by atoms with Crippen LogP contribution in [0.5, 0.6) is 5.75 Å². The van der Waals surface area contributed by atoms with Crippen LogP contribution in [0.1, 0.15) is 25.8 Å². The zero-order valence-corrected chi connectivity index (χ0v) is 11.0. The molecule has 0 radical (unpaired) electrons. The number of hydrogen-bond donors (Lipinski definition) is 0. The SMILES string of the molecule is C=C[C@@H](OCc1ccc(OC)cc1)[C@@H](C)CC. The monoisotopic (exact) mass is 234 g/mol. The lowest BCUT2D eigenvalue weighted by molar-refractivity contribution is 0.0370. The van der Waals surface area contributed by atoms with Gasteiger partial charge in [0.15, 0.2) is 0 Å². The summed E-state index contributed by atoms with van der Waals surface area (Å²) >= 11 is 0. The standard InChI is InChI=1S/C15H22O2/c1-5-12(3)15(6-2)17-11-13-7-9-14(16-4)10-8-13/h6-10,12,15H,2,5,11H2,1,3-4H3/t12-,15+/m0/s1. The summed E-state index contributed by atoms with van der Waals surface area (Å²) in [5.74, 6) is 1.38. The first-order chi connectivity index (χ1) is 8.21. The summed E-state index contributed by atoms with van der Waals surface area (Å²) in [6, 6.07) is 7.95. The lowest BCUT2D eigenvalue weighted by Crippen LogP contribution is -2.18. The van der Waals surface area contributed by atoms with Gasteiger partial charge in [-0.1, -0.05) is 38.5 Å². The molecule has 2 atom stereocenters. The van der Waals surface area contributed by atoms with Crippen LogP contribution < -0.4 is 4.74 Å². The van der Waals surface area contributed by atoms with Crippen molar-refractivity contribution in [2.24, 2.45) is 5.92 Å². The average Bonchev–Trinajstić information content (AvgIpc) is 2.39. The van der Waals surface area contributed by atoms with Gasteiger partial charge in [-0.2, -0.15) is 0 Å². The van der Waals surface area contributed by atoms with Crippen LogP contribution >= 0.6 is 0 Å². The lowest BCUT2D eigenvalue weighted by atomic mass is 10.0. The van der Waals surface area contributed by atoms with Crippen LogP contribution in [0.3, 0.4) is 0 Å². The molecule has 0 aliphatic heterocycles. The van der Waals surface area contributed by atoms with Crippen LogP contribution in [0.25, 0.3) is 0 Å². The van der Waals surface area contributed by atoms with Crippen molar-refractivity contribution in [2.75, 3.05) is 7.11 Å².